The molecule has 0 radical (unpaired) electrons. The summed E-state index contributed by atoms with van der Waals surface area (Å²) >= 11 is 0. The Morgan fingerprint density at radius 2 is 2.13 bits per heavy atom. The summed E-state index contributed by atoms with van der Waals surface area (Å²) in [5.74, 6) is 0.236. The van der Waals surface area contributed by atoms with Gasteiger partial charge in [0.15, 0.2) is 0 Å². The molecule has 1 aromatic heterocycles. The van der Waals surface area contributed by atoms with Crippen molar-refractivity contribution >= 4 is 18.1 Å². The zero-order chi connectivity index (χ0) is 9.80. The molecule has 84 valence electrons. The first-order valence-corrected chi connectivity index (χ1v) is 4.96. The lowest BCUT2D eigenvalue weighted by molar-refractivity contribution is 0.472. The molecule has 1 aliphatic heterocycles. The van der Waals surface area contributed by atoms with Crippen molar-refractivity contribution in [3.63, 3.8) is 0 Å². The van der Waals surface area contributed by atoms with Crippen LogP contribution in [0.2, 0.25) is 0 Å². The third-order valence-corrected chi connectivity index (χ3v) is 2.41. The second-order valence-corrected chi connectivity index (χ2v) is 3.49. The van der Waals surface area contributed by atoms with Crippen LogP contribution >= 0.6 is 12.4 Å². The van der Waals surface area contributed by atoms with E-state index in [0.29, 0.717) is 0 Å². The third kappa shape index (κ3) is 3.25. The molecule has 2 rings (SSSR count). The summed E-state index contributed by atoms with van der Waals surface area (Å²) in [5.41, 5.74) is 1.01. The molecule has 0 saturated carbocycles. The Morgan fingerprint density at radius 3 is 2.93 bits per heavy atom. The summed E-state index contributed by atoms with van der Waals surface area (Å²) in [6, 6.07) is 1.76. The van der Waals surface area contributed by atoms with E-state index in [1.165, 1.54) is 6.20 Å². The first-order valence-electron chi connectivity index (χ1n) is 4.96. The van der Waals surface area contributed by atoms with Crippen molar-refractivity contribution in [2.24, 2.45) is 0 Å². The summed E-state index contributed by atoms with van der Waals surface area (Å²) in [7, 11) is 0. The van der Waals surface area contributed by atoms with Crippen molar-refractivity contribution in [1.82, 2.24) is 10.3 Å². The molecule has 0 spiro atoms. The molecule has 15 heavy (non-hydrogen) atoms. The number of pyridine rings is 1. The van der Waals surface area contributed by atoms with Crippen LogP contribution in [-0.4, -0.2) is 36.3 Å². The van der Waals surface area contributed by atoms with Crippen molar-refractivity contribution in [1.29, 1.82) is 0 Å². The van der Waals surface area contributed by atoms with Crippen LogP contribution in [0.5, 0.6) is 5.75 Å². The van der Waals surface area contributed by atoms with Crippen LogP contribution in [-0.2, 0) is 0 Å². The van der Waals surface area contributed by atoms with Gasteiger partial charge in [0.25, 0.3) is 0 Å². The lowest BCUT2D eigenvalue weighted by Gasteiger charge is -2.21. The fourth-order valence-corrected chi connectivity index (χ4v) is 1.69. The highest BCUT2D eigenvalue weighted by atomic mass is 35.5. The Bertz CT molecular complexity index is 300. The Labute approximate surface area is 95.7 Å². The van der Waals surface area contributed by atoms with E-state index in [1.807, 2.05) is 0 Å². The molecule has 0 atom stereocenters. The van der Waals surface area contributed by atoms with E-state index in [-0.39, 0.29) is 18.2 Å². The number of aromatic nitrogens is 1. The maximum atomic E-state index is 9.31. The summed E-state index contributed by atoms with van der Waals surface area (Å²) in [5, 5.41) is 12.6. The summed E-state index contributed by atoms with van der Waals surface area (Å²) in [6.45, 7) is 4.07. The molecule has 4 nitrogen and oxygen atoms in total. The Balaban J connectivity index is 0.00000112. The van der Waals surface area contributed by atoms with E-state index < -0.39 is 0 Å². The smallest absolute Gasteiger partial charge is 0.135 e. The molecule has 2 N–H and O–H groups in total. The maximum Gasteiger partial charge on any atom is 0.135 e. The highest BCUT2D eigenvalue weighted by Crippen LogP contribution is 2.18. The van der Waals surface area contributed by atoms with E-state index in [9.17, 15) is 5.11 Å². The van der Waals surface area contributed by atoms with Gasteiger partial charge in [0.2, 0.25) is 0 Å². The molecule has 0 bridgehead atoms. The van der Waals surface area contributed by atoms with Crippen LogP contribution in [0.15, 0.2) is 18.5 Å². The number of anilines is 1. The predicted octanol–water partition coefficient (Wildman–Crippen LogP) is 1.01. The molecule has 0 unspecified atom stereocenters. The van der Waals surface area contributed by atoms with E-state index in [0.717, 1.165) is 38.3 Å². The average Bonchev–Trinajstić information content (AvgIpc) is 2.45. The normalized spacial score (nSPS) is 16.7. The van der Waals surface area contributed by atoms with Crippen molar-refractivity contribution in [3.05, 3.63) is 18.5 Å². The SMILES string of the molecule is Cl.Oc1cncc(N2CCCNCC2)c1. The fraction of sp³-hybridized carbons (Fsp3) is 0.500. The Morgan fingerprint density at radius 1 is 1.27 bits per heavy atom. The van der Waals surface area contributed by atoms with Crippen LogP contribution in [0.3, 0.4) is 0 Å². The topological polar surface area (TPSA) is 48.4 Å². The van der Waals surface area contributed by atoms with Gasteiger partial charge < -0.3 is 15.3 Å². The van der Waals surface area contributed by atoms with Gasteiger partial charge in [-0.25, -0.2) is 0 Å². The Kier molecular flexibility index (Phi) is 4.65. The molecule has 1 saturated heterocycles. The molecule has 0 aliphatic carbocycles. The molecular formula is C10H16ClN3O. The van der Waals surface area contributed by atoms with E-state index in [2.05, 4.69) is 15.2 Å². The summed E-state index contributed by atoms with van der Waals surface area (Å²) in [4.78, 5) is 6.22. The van der Waals surface area contributed by atoms with E-state index >= 15 is 0 Å². The largest absolute Gasteiger partial charge is 0.506 e. The number of hydrogen-bond donors (Lipinski definition) is 2. The molecule has 0 aromatic carbocycles. The summed E-state index contributed by atoms with van der Waals surface area (Å²) in [6.07, 6.45) is 4.39. The van der Waals surface area contributed by atoms with Crippen molar-refractivity contribution < 1.29 is 5.11 Å². The lowest BCUT2D eigenvalue weighted by atomic mass is 10.3. The van der Waals surface area contributed by atoms with Gasteiger partial charge in [-0.1, -0.05) is 0 Å². The average molecular weight is 230 g/mol. The van der Waals surface area contributed by atoms with E-state index in [1.54, 1.807) is 12.3 Å². The number of nitrogens with zero attached hydrogens (tertiary/aromatic N) is 2. The van der Waals surface area contributed by atoms with Crippen molar-refractivity contribution in [2.75, 3.05) is 31.1 Å². The summed E-state index contributed by atoms with van der Waals surface area (Å²) < 4.78 is 0. The number of rotatable bonds is 1. The van der Waals surface area contributed by atoms with Gasteiger partial charge in [0, 0.05) is 25.7 Å². The zero-order valence-corrected chi connectivity index (χ0v) is 9.33. The monoisotopic (exact) mass is 229 g/mol. The van der Waals surface area contributed by atoms with Gasteiger partial charge in [0.05, 0.1) is 18.1 Å². The minimum absolute atomic E-state index is 0. The molecule has 2 heterocycles. The standard InChI is InChI=1S/C10H15N3O.ClH/c14-10-6-9(7-12-8-10)13-4-1-2-11-3-5-13;/h6-8,11,14H,1-5H2;1H. The highest BCUT2D eigenvalue weighted by Gasteiger charge is 2.09. The number of halogens is 1. The van der Waals surface area contributed by atoms with Gasteiger partial charge in [-0.3, -0.25) is 4.98 Å². The highest BCUT2D eigenvalue weighted by molar-refractivity contribution is 5.85. The third-order valence-electron chi connectivity index (χ3n) is 2.41. The quantitative estimate of drug-likeness (QED) is 0.755. The molecule has 0 amide bonds. The molecule has 1 fully saturated rings. The van der Waals surface area contributed by atoms with Gasteiger partial charge in [-0.05, 0) is 13.0 Å². The van der Waals surface area contributed by atoms with Crippen LogP contribution in [0.25, 0.3) is 0 Å². The van der Waals surface area contributed by atoms with Crippen LogP contribution < -0.4 is 10.2 Å². The molecular weight excluding hydrogens is 214 g/mol. The van der Waals surface area contributed by atoms with Gasteiger partial charge >= 0.3 is 0 Å². The molecule has 1 aromatic rings. The maximum absolute atomic E-state index is 9.31. The van der Waals surface area contributed by atoms with Crippen molar-refractivity contribution in [2.45, 2.75) is 6.42 Å². The van der Waals surface area contributed by atoms with Crippen LogP contribution in [0.1, 0.15) is 6.42 Å². The van der Waals surface area contributed by atoms with Gasteiger partial charge in [-0.15, -0.1) is 12.4 Å². The number of nitrogens with one attached hydrogen (secondary N) is 1. The second-order valence-electron chi connectivity index (χ2n) is 3.49. The fourth-order valence-electron chi connectivity index (χ4n) is 1.69. The minimum Gasteiger partial charge on any atom is -0.506 e. The van der Waals surface area contributed by atoms with Gasteiger partial charge in [0.1, 0.15) is 5.75 Å². The molecule has 1 aliphatic rings. The minimum atomic E-state index is 0. The number of hydrogen-bond acceptors (Lipinski definition) is 4. The molecule has 5 heteroatoms. The zero-order valence-electron chi connectivity index (χ0n) is 8.52. The van der Waals surface area contributed by atoms with Gasteiger partial charge in [-0.2, -0.15) is 0 Å². The number of aromatic hydroxyl groups is 1. The second kappa shape index (κ2) is 5.78. The predicted molar refractivity (Wildman–Crippen MR) is 62.8 cm³/mol. The van der Waals surface area contributed by atoms with Crippen LogP contribution in [0, 0.1) is 0 Å². The van der Waals surface area contributed by atoms with Crippen molar-refractivity contribution in [3.8, 4) is 5.75 Å². The lowest BCUT2D eigenvalue weighted by Crippen LogP contribution is -2.27. The van der Waals surface area contributed by atoms with E-state index in [4.69, 9.17) is 0 Å². The first kappa shape index (κ1) is 12.1. The first-order chi connectivity index (χ1) is 6.86. The Hall–Kier alpha value is -1.00. The van der Waals surface area contributed by atoms with Crippen LogP contribution in [0.4, 0.5) is 5.69 Å².